The molecule has 0 amide bonds. The molecule has 9 heavy (non-hydrogen) atoms. The van der Waals surface area contributed by atoms with Gasteiger partial charge < -0.3 is 0 Å². The van der Waals surface area contributed by atoms with Crippen molar-refractivity contribution in [2.24, 2.45) is 0 Å². The van der Waals surface area contributed by atoms with E-state index in [1.54, 1.807) is 0 Å². The number of hydrogen-bond donors (Lipinski definition) is 1. The average molecular weight is 438 g/mol. The zero-order valence-electron chi connectivity index (χ0n) is 3.46. The fourth-order valence-corrected chi connectivity index (χ4v) is 0. The van der Waals surface area contributed by atoms with Crippen LogP contribution in [0.5, 0.6) is 0 Å². The molecule has 0 aromatic carbocycles. The van der Waals surface area contributed by atoms with Gasteiger partial charge in [-0.15, -0.1) is 0 Å². The quantitative estimate of drug-likeness (QED) is 0.630. The molecule has 0 unspecified atom stereocenters. The van der Waals surface area contributed by atoms with Crippen LogP contribution in [0.3, 0.4) is 0 Å². The number of rotatable bonds is 0. The molecule has 0 aromatic rings. The van der Waals surface area contributed by atoms with Gasteiger partial charge in [0.25, 0.3) is 0 Å². The molecule has 2 nitrogen and oxygen atoms in total. The van der Waals surface area contributed by atoms with E-state index in [-0.39, 0.29) is 0 Å². The molecule has 0 rings (SSSR count). The van der Waals surface area contributed by atoms with Crippen molar-refractivity contribution in [2.45, 2.75) is 0 Å². The van der Waals surface area contributed by atoms with Gasteiger partial charge >= 0.3 is 69.6 Å². The Balaban J connectivity index is 6.25. The maximum atomic E-state index is 10.7. The SMILES string of the molecule is [O]=[Ir]([OH])([Cl])([Cl])([Cl])([Cl])([Cl])[Cl]. The van der Waals surface area contributed by atoms with Crippen LogP contribution in [-0.2, 0) is 8.22 Å². The van der Waals surface area contributed by atoms with Crippen LogP contribution in [0.2, 0.25) is 0 Å². The molecular weight excluding hydrogens is 437 g/mol. The molecule has 0 heterocycles. The minimum absolute atomic E-state index is 4.55. The van der Waals surface area contributed by atoms with Gasteiger partial charge in [0.1, 0.15) is 0 Å². The van der Waals surface area contributed by atoms with Gasteiger partial charge in [0.15, 0.2) is 0 Å². The standard InChI is InChI=1S/6ClH.Ir.H2O.O/h6*1H;;1H2;/q;;;;;;+7;;/p-7. The van der Waals surface area contributed by atoms with E-state index < -0.39 is 4.72 Å². The molecule has 0 atom stereocenters. The van der Waals surface area contributed by atoms with Crippen LogP contribution in [-0.4, -0.2) is 3.86 Å². The third-order valence-electron chi connectivity index (χ3n) is 0. The van der Waals surface area contributed by atoms with Crippen LogP contribution in [0.4, 0.5) is 0 Å². The molecule has 0 spiro atoms. The van der Waals surface area contributed by atoms with Crippen molar-refractivity contribution in [3.05, 3.63) is 0 Å². The second-order valence-corrected chi connectivity index (χ2v) is 69.0. The van der Waals surface area contributed by atoms with Crippen LogP contribution < -0.4 is 0 Å². The summed E-state index contributed by atoms with van der Waals surface area (Å²) < 4.78 is 10.6. The van der Waals surface area contributed by atoms with Crippen molar-refractivity contribution in [3.63, 3.8) is 0 Å². The Kier molecular flexibility index (Phi) is 1.16. The molecule has 0 aliphatic heterocycles. The number of hydrogen-bond acceptors (Lipinski definition) is 1. The predicted octanol–water partition coefficient (Wildman–Crippen LogP) is 3.46. The van der Waals surface area contributed by atoms with E-state index in [1.807, 2.05) is 0 Å². The third kappa shape index (κ3) is 146. The zero-order chi connectivity index (χ0) is 8.35. The van der Waals surface area contributed by atoms with E-state index in [0.29, 0.717) is 0 Å². The molecule has 0 radical (unpaired) electrons. The van der Waals surface area contributed by atoms with Gasteiger partial charge in [-0.3, -0.25) is 0 Å². The van der Waals surface area contributed by atoms with Crippen LogP contribution in [0.25, 0.3) is 0 Å². The molecule has 64 valence electrons. The van der Waals surface area contributed by atoms with Gasteiger partial charge in [-0.05, 0) is 0 Å². The second-order valence-electron chi connectivity index (χ2n) is 1.42. The van der Waals surface area contributed by atoms with Crippen molar-refractivity contribution in [1.29, 1.82) is 0 Å². The van der Waals surface area contributed by atoms with E-state index in [0.717, 1.165) is 0 Å². The first-order valence-electron chi connectivity index (χ1n) is 1.04. The fraction of sp³-hybridized carbons (Fsp3) is 0. The molecule has 1 N–H and O–H groups in total. The Morgan fingerprint density at radius 3 is 0.889 bits per heavy atom. The Labute approximate surface area is 68.8 Å². The summed E-state index contributed by atoms with van der Waals surface area (Å²) in [6.07, 6.45) is 0. The summed E-state index contributed by atoms with van der Waals surface area (Å²) in [6, 6.07) is 0. The van der Waals surface area contributed by atoms with E-state index in [1.165, 1.54) is 0 Å². The van der Waals surface area contributed by atoms with Crippen LogP contribution in [0.1, 0.15) is 0 Å². The Bertz CT molecular complexity index is 238. The van der Waals surface area contributed by atoms with E-state index >= 15 is 0 Å². The predicted molar refractivity (Wildman–Crippen MR) is 38.0 cm³/mol. The number of halogens is 6. The van der Waals surface area contributed by atoms with Crippen LogP contribution >= 0.6 is 57.5 Å². The third-order valence-corrected chi connectivity index (χ3v) is 0. The van der Waals surface area contributed by atoms with Crippen molar-refractivity contribution < 1.29 is 12.1 Å². The van der Waals surface area contributed by atoms with Crippen molar-refractivity contribution in [3.8, 4) is 0 Å². The molecule has 0 saturated heterocycles. The van der Waals surface area contributed by atoms with Gasteiger partial charge in [-0.2, -0.15) is 0 Å². The molecule has 0 aliphatic rings. The van der Waals surface area contributed by atoms with E-state index in [2.05, 4.69) is 57.5 Å². The van der Waals surface area contributed by atoms with Gasteiger partial charge in [0, 0.05) is 0 Å². The first kappa shape index (κ1) is 11.1. The van der Waals surface area contributed by atoms with Crippen LogP contribution in [0, 0.1) is 0 Å². The first-order chi connectivity index (χ1) is 2.83. The van der Waals surface area contributed by atoms with Crippen molar-refractivity contribution in [2.75, 3.05) is 0 Å². The normalized spacial score (nSPS) is 31.0. The molecule has 9 heteroatoms. The summed E-state index contributed by atoms with van der Waals surface area (Å²) in [4.78, 5) is 0. The first-order valence-corrected chi connectivity index (χ1v) is 20.9. The zero-order valence-corrected chi connectivity index (χ0v) is 10.4. The minimum atomic E-state index is -8.67. The maximum absolute atomic E-state index is 10.7. The summed E-state index contributed by atoms with van der Waals surface area (Å²) in [5.41, 5.74) is 0. The summed E-state index contributed by atoms with van der Waals surface area (Å²) in [5.74, 6) is 0. The second kappa shape index (κ2) is 0.935. The Morgan fingerprint density at radius 2 is 0.889 bits per heavy atom. The molecular formula is HCl6IrO2. The van der Waals surface area contributed by atoms with E-state index in [9.17, 15) is 3.50 Å². The van der Waals surface area contributed by atoms with Gasteiger partial charge in [0.2, 0.25) is 0 Å². The Morgan fingerprint density at radius 1 is 0.889 bits per heavy atom. The molecule has 0 fully saturated rings. The van der Waals surface area contributed by atoms with Crippen LogP contribution in [0.15, 0.2) is 0 Å². The van der Waals surface area contributed by atoms with Gasteiger partial charge in [-0.1, -0.05) is 0 Å². The topological polar surface area (TPSA) is 37.3 Å². The van der Waals surface area contributed by atoms with Gasteiger partial charge in [0.05, 0.1) is 0 Å². The molecule has 0 aromatic heterocycles. The summed E-state index contributed by atoms with van der Waals surface area (Å²) in [5, 5.41) is 0. The fourth-order valence-electron chi connectivity index (χ4n) is 0. The summed E-state index contributed by atoms with van der Waals surface area (Å²) in [6.45, 7) is 0. The molecule has 0 saturated carbocycles. The summed E-state index contributed by atoms with van der Waals surface area (Å²) in [7, 11) is 27.3. The van der Waals surface area contributed by atoms with Crippen molar-refractivity contribution in [1.82, 2.24) is 0 Å². The van der Waals surface area contributed by atoms with Crippen molar-refractivity contribution >= 4 is 57.5 Å². The monoisotopic (exact) mass is 436 g/mol. The molecule has 0 aliphatic carbocycles. The Hall–Kier alpha value is 2.15. The average Bonchev–Trinajstić information content (AvgIpc) is 0.503. The van der Waals surface area contributed by atoms with E-state index in [4.69, 9.17) is 3.86 Å². The van der Waals surface area contributed by atoms with Gasteiger partial charge in [-0.25, -0.2) is 0 Å². The summed E-state index contributed by atoms with van der Waals surface area (Å²) >= 11 is 0. The molecule has 0 bridgehead atoms.